The van der Waals surface area contributed by atoms with E-state index in [0.29, 0.717) is 5.92 Å². The van der Waals surface area contributed by atoms with Gasteiger partial charge in [-0.05, 0) is 155 Å². The number of hydrogen-bond acceptors (Lipinski definition) is 2. The van der Waals surface area contributed by atoms with Crippen LogP contribution in [0, 0.1) is 11.8 Å². The van der Waals surface area contributed by atoms with Crippen LogP contribution in [0.15, 0.2) is 105 Å². The molecule has 2 aliphatic heterocycles. The van der Waals surface area contributed by atoms with Crippen LogP contribution in [0.5, 0.6) is 0 Å². The number of allylic oxidation sites excluding steroid dienone is 15. The molecule has 41 heavy (non-hydrogen) atoms. The quantitative estimate of drug-likeness (QED) is 0.295. The summed E-state index contributed by atoms with van der Waals surface area (Å²) in [7, 11) is 0. The van der Waals surface area contributed by atoms with Crippen LogP contribution < -0.4 is 10.6 Å². The van der Waals surface area contributed by atoms with E-state index in [9.17, 15) is 0 Å². The average Bonchev–Trinajstić information content (AvgIpc) is 3.05. The molecule has 1 saturated heterocycles. The predicted octanol–water partition coefficient (Wildman–Crippen LogP) is 9.65. The Balaban J connectivity index is 1.12. The molecular formula is C39H52N2. The first-order chi connectivity index (χ1) is 20.2. The topological polar surface area (TPSA) is 24.1 Å². The second-order valence-corrected chi connectivity index (χ2v) is 13.2. The minimum Gasteiger partial charge on any atom is -0.391 e. The average molecular weight is 549 g/mol. The molecule has 2 atom stereocenters. The lowest BCUT2D eigenvalue weighted by Crippen LogP contribution is -2.31. The maximum absolute atomic E-state index is 4.47. The van der Waals surface area contributed by atoms with Crippen LogP contribution in [-0.2, 0) is 0 Å². The zero-order chi connectivity index (χ0) is 27.9. The van der Waals surface area contributed by atoms with Crippen LogP contribution in [0.4, 0.5) is 0 Å². The van der Waals surface area contributed by atoms with Gasteiger partial charge in [0.1, 0.15) is 0 Å². The third-order valence-corrected chi connectivity index (χ3v) is 10.4. The van der Waals surface area contributed by atoms with Crippen LogP contribution in [-0.4, -0.2) is 19.6 Å². The fourth-order valence-corrected chi connectivity index (χ4v) is 8.06. The van der Waals surface area contributed by atoms with Crippen LogP contribution >= 0.6 is 0 Å². The Hall–Kier alpha value is -2.58. The van der Waals surface area contributed by atoms with Gasteiger partial charge in [-0.3, -0.25) is 0 Å². The normalized spacial score (nSPS) is 28.4. The highest BCUT2D eigenvalue weighted by atomic mass is 14.9. The van der Waals surface area contributed by atoms with Crippen molar-refractivity contribution in [3.63, 3.8) is 0 Å². The molecule has 0 radical (unpaired) electrons. The zero-order valence-corrected chi connectivity index (χ0v) is 25.4. The first kappa shape index (κ1) is 28.5. The van der Waals surface area contributed by atoms with Crippen molar-refractivity contribution >= 4 is 0 Å². The van der Waals surface area contributed by atoms with Crippen LogP contribution in [0.1, 0.15) is 103 Å². The first-order valence-electron chi connectivity index (χ1n) is 17.0. The van der Waals surface area contributed by atoms with Gasteiger partial charge < -0.3 is 10.6 Å². The molecule has 0 spiro atoms. The summed E-state index contributed by atoms with van der Waals surface area (Å²) in [6.45, 7) is 7.99. The van der Waals surface area contributed by atoms with Gasteiger partial charge in [-0.15, -0.1) is 0 Å². The Morgan fingerprint density at radius 2 is 1.88 bits per heavy atom. The van der Waals surface area contributed by atoms with Gasteiger partial charge >= 0.3 is 0 Å². The smallest absolute Gasteiger partial charge is 0.0144 e. The third-order valence-electron chi connectivity index (χ3n) is 10.4. The molecule has 2 nitrogen and oxygen atoms in total. The molecule has 0 aromatic carbocycles. The van der Waals surface area contributed by atoms with Gasteiger partial charge in [-0.2, -0.15) is 0 Å². The fourth-order valence-electron chi connectivity index (χ4n) is 8.06. The molecule has 2 unspecified atom stereocenters. The zero-order valence-electron chi connectivity index (χ0n) is 25.4. The highest BCUT2D eigenvalue weighted by Gasteiger charge is 2.25. The summed E-state index contributed by atoms with van der Waals surface area (Å²) in [4.78, 5) is 0. The Morgan fingerprint density at radius 3 is 2.68 bits per heavy atom. The fraction of sp³-hybridized carbons (Fsp3) is 0.538. The highest BCUT2D eigenvalue weighted by Crippen LogP contribution is 2.40. The van der Waals surface area contributed by atoms with Crippen molar-refractivity contribution in [1.29, 1.82) is 0 Å². The number of hydrogen-bond donors (Lipinski definition) is 2. The Labute approximate surface area is 249 Å². The van der Waals surface area contributed by atoms with Crippen molar-refractivity contribution in [3.05, 3.63) is 105 Å². The molecule has 6 aliphatic rings. The van der Waals surface area contributed by atoms with E-state index >= 15 is 0 Å². The van der Waals surface area contributed by atoms with Crippen molar-refractivity contribution in [3.8, 4) is 0 Å². The first-order valence-corrected chi connectivity index (χ1v) is 17.0. The molecule has 1 fully saturated rings. The summed E-state index contributed by atoms with van der Waals surface area (Å²) in [6.07, 6.45) is 39.6. The van der Waals surface area contributed by atoms with Gasteiger partial charge in [0.2, 0.25) is 0 Å². The molecule has 0 aromatic heterocycles. The Morgan fingerprint density at radius 1 is 0.902 bits per heavy atom. The van der Waals surface area contributed by atoms with Gasteiger partial charge in [0.15, 0.2) is 0 Å². The number of piperidine rings is 1. The van der Waals surface area contributed by atoms with E-state index in [4.69, 9.17) is 0 Å². The lowest BCUT2D eigenvalue weighted by atomic mass is 9.76. The molecule has 2 N–H and O–H groups in total. The maximum Gasteiger partial charge on any atom is 0.0144 e. The van der Waals surface area contributed by atoms with Crippen LogP contribution in [0.25, 0.3) is 0 Å². The molecule has 0 amide bonds. The van der Waals surface area contributed by atoms with E-state index in [0.717, 1.165) is 31.7 Å². The van der Waals surface area contributed by atoms with E-state index in [1.807, 2.05) is 0 Å². The second-order valence-electron chi connectivity index (χ2n) is 13.2. The summed E-state index contributed by atoms with van der Waals surface area (Å²) in [5, 5.41) is 7.11. The lowest BCUT2D eigenvalue weighted by molar-refractivity contribution is 0.398. The van der Waals surface area contributed by atoms with Crippen LogP contribution in [0.2, 0.25) is 0 Å². The summed E-state index contributed by atoms with van der Waals surface area (Å²) in [6, 6.07) is 0. The molecule has 0 aromatic rings. The summed E-state index contributed by atoms with van der Waals surface area (Å²) < 4.78 is 0. The number of rotatable bonds is 8. The van der Waals surface area contributed by atoms with E-state index in [2.05, 4.69) is 65.9 Å². The Bertz CT molecular complexity index is 1230. The van der Waals surface area contributed by atoms with E-state index in [1.165, 1.54) is 119 Å². The van der Waals surface area contributed by atoms with Crippen molar-refractivity contribution < 1.29 is 0 Å². The summed E-state index contributed by atoms with van der Waals surface area (Å²) in [5.74, 6) is 1.48. The van der Waals surface area contributed by atoms with E-state index in [-0.39, 0.29) is 0 Å². The monoisotopic (exact) mass is 548 g/mol. The minimum atomic E-state index is 0.690. The van der Waals surface area contributed by atoms with Crippen molar-refractivity contribution in [1.82, 2.24) is 10.6 Å². The molecule has 2 heteroatoms. The summed E-state index contributed by atoms with van der Waals surface area (Å²) >= 11 is 0. The van der Waals surface area contributed by atoms with E-state index in [1.54, 1.807) is 27.9 Å². The van der Waals surface area contributed by atoms with Crippen molar-refractivity contribution in [2.24, 2.45) is 11.8 Å². The van der Waals surface area contributed by atoms with Gasteiger partial charge in [0.05, 0.1) is 0 Å². The molecule has 0 saturated carbocycles. The van der Waals surface area contributed by atoms with Gasteiger partial charge in [0.25, 0.3) is 0 Å². The minimum absolute atomic E-state index is 0.690. The van der Waals surface area contributed by atoms with Crippen LogP contribution in [0.3, 0.4) is 0 Å². The molecule has 6 rings (SSSR count). The standard InChI is InChI=1S/C39H52N2/c1-29-9-2-3-17-38(29)39(35-14-6-13-34(26-35)37-16-8-24-41-28-37)18-4-10-30-19-21-31(22-20-30)32-11-5-12-33(25-32)36-15-7-23-40-27-36/h2,9,13,19,21,25-26,28,32,36,40-41H,1,3-8,10-12,14-18,20,22-24,27H2/b39-38+. The Kier molecular flexibility index (Phi) is 9.78. The lowest BCUT2D eigenvalue weighted by Gasteiger charge is -2.31. The number of nitrogens with one attached hydrogen (secondary N) is 2. The third kappa shape index (κ3) is 7.26. The van der Waals surface area contributed by atoms with E-state index < -0.39 is 0 Å². The highest BCUT2D eigenvalue weighted by molar-refractivity contribution is 5.54. The predicted molar refractivity (Wildman–Crippen MR) is 176 cm³/mol. The second kappa shape index (κ2) is 14.1. The molecular weight excluding hydrogens is 496 g/mol. The molecule has 2 heterocycles. The molecule has 0 bridgehead atoms. The van der Waals surface area contributed by atoms with Crippen molar-refractivity contribution in [2.75, 3.05) is 19.6 Å². The van der Waals surface area contributed by atoms with Crippen molar-refractivity contribution in [2.45, 2.75) is 103 Å². The van der Waals surface area contributed by atoms with Gasteiger partial charge in [0, 0.05) is 19.3 Å². The maximum atomic E-state index is 4.47. The molecule has 218 valence electrons. The SMILES string of the molecule is C=C1C=CCC/C1=C(/CCCC1=CC=C(C2C=C(C3CCCNC3)CCC2)CC1)C1=CC(C2=CNCCC2)=CCC1. The van der Waals surface area contributed by atoms with Gasteiger partial charge in [-0.1, -0.05) is 65.8 Å². The summed E-state index contributed by atoms with van der Waals surface area (Å²) in [5.41, 5.74) is 14.0. The van der Waals surface area contributed by atoms with Gasteiger partial charge in [-0.25, -0.2) is 0 Å². The largest absolute Gasteiger partial charge is 0.391 e. The molecule has 4 aliphatic carbocycles.